The summed E-state index contributed by atoms with van der Waals surface area (Å²) in [7, 11) is 1.95. The number of thioether (sulfide) groups is 2. The maximum Gasteiger partial charge on any atom is 0.276 e. The summed E-state index contributed by atoms with van der Waals surface area (Å²) in [6.07, 6.45) is 0. The Morgan fingerprint density at radius 3 is 1.95 bits per heavy atom. The summed E-state index contributed by atoms with van der Waals surface area (Å²) in [6, 6.07) is 30.6. The Morgan fingerprint density at radius 1 is 0.756 bits per heavy atom. The van der Waals surface area contributed by atoms with Gasteiger partial charge >= 0.3 is 0 Å². The predicted octanol–water partition coefficient (Wildman–Crippen LogP) is 7.78. The van der Waals surface area contributed by atoms with Crippen molar-refractivity contribution in [2.24, 2.45) is 7.05 Å². The van der Waals surface area contributed by atoms with Crippen LogP contribution >= 0.6 is 23.5 Å². The number of aromatic nitrogens is 5. The van der Waals surface area contributed by atoms with E-state index in [0.29, 0.717) is 5.56 Å². The van der Waals surface area contributed by atoms with Gasteiger partial charge in [-0.15, -0.1) is 11.8 Å². The lowest BCUT2D eigenvalue weighted by Gasteiger charge is -2.16. The molecule has 0 aliphatic carbocycles. The summed E-state index contributed by atoms with van der Waals surface area (Å²) < 4.78 is 5.87. The zero-order valence-electron chi connectivity index (χ0n) is 23.5. The molecule has 0 bridgehead atoms. The standard InChI is InChI=1S/C33H31N5OS2/c1-5-40-30-27-26(23-16-10-7-11-17-23)28(24-18-12-8-13-19-24)37(29(27)34-33(35-30)41-6-2)31-22(3)32(39)38(36(31)4)25-20-14-9-15-21-25/h7-21H,5-6H2,1-4H3. The summed E-state index contributed by atoms with van der Waals surface area (Å²) in [5, 5.41) is 2.69. The minimum atomic E-state index is -0.0591. The smallest absolute Gasteiger partial charge is 0.276 e. The van der Waals surface area contributed by atoms with E-state index in [1.807, 2.05) is 61.1 Å². The molecule has 0 atom stereocenters. The quantitative estimate of drug-likeness (QED) is 0.105. The van der Waals surface area contributed by atoms with E-state index in [-0.39, 0.29) is 5.56 Å². The van der Waals surface area contributed by atoms with Gasteiger partial charge in [0.05, 0.1) is 22.3 Å². The molecule has 3 aromatic heterocycles. The molecule has 8 heteroatoms. The van der Waals surface area contributed by atoms with E-state index >= 15 is 0 Å². The second-order valence-electron chi connectivity index (χ2n) is 9.59. The largest absolute Gasteiger partial charge is 0.277 e. The number of hydrogen-bond acceptors (Lipinski definition) is 5. The van der Waals surface area contributed by atoms with Gasteiger partial charge in [0, 0.05) is 12.6 Å². The van der Waals surface area contributed by atoms with Gasteiger partial charge in [0.2, 0.25) is 0 Å². The summed E-state index contributed by atoms with van der Waals surface area (Å²) in [6.45, 7) is 6.17. The monoisotopic (exact) mass is 577 g/mol. The number of hydrogen-bond donors (Lipinski definition) is 0. The average Bonchev–Trinajstić information content (AvgIpc) is 3.44. The zero-order valence-corrected chi connectivity index (χ0v) is 25.2. The van der Waals surface area contributed by atoms with E-state index in [9.17, 15) is 4.79 Å². The number of para-hydroxylation sites is 1. The summed E-state index contributed by atoms with van der Waals surface area (Å²) in [4.78, 5) is 24.1. The third-order valence-corrected chi connectivity index (χ3v) is 8.68. The first-order chi connectivity index (χ1) is 20.0. The van der Waals surface area contributed by atoms with Gasteiger partial charge in [-0.1, -0.05) is 104 Å². The molecule has 6 rings (SSSR count). The van der Waals surface area contributed by atoms with Crippen LogP contribution in [0.25, 0.3) is 44.9 Å². The number of fused-ring (bicyclic) bond motifs is 1. The lowest BCUT2D eigenvalue weighted by Crippen LogP contribution is -2.20. The maximum absolute atomic E-state index is 13.9. The molecule has 3 heterocycles. The van der Waals surface area contributed by atoms with Crippen LogP contribution in [0.1, 0.15) is 19.4 Å². The van der Waals surface area contributed by atoms with Gasteiger partial charge in [0.1, 0.15) is 10.8 Å². The van der Waals surface area contributed by atoms with Crippen LogP contribution in [0.3, 0.4) is 0 Å². The third-order valence-electron chi connectivity index (χ3n) is 7.09. The van der Waals surface area contributed by atoms with Crippen molar-refractivity contribution in [1.82, 2.24) is 23.9 Å². The maximum atomic E-state index is 13.9. The Morgan fingerprint density at radius 2 is 1.34 bits per heavy atom. The predicted molar refractivity (Wildman–Crippen MR) is 172 cm³/mol. The van der Waals surface area contributed by atoms with Gasteiger partial charge in [-0.3, -0.25) is 14.0 Å². The first kappa shape index (κ1) is 27.2. The third kappa shape index (κ3) is 4.71. The van der Waals surface area contributed by atoms with E-state index in [4.69, 9.17) is 9.97 Å². The van der Waals surface area contributed by atoms with Crippen molar-refractivity contribution in [3.05, 3.63) is 107 Å². The molecule has 0 N–H and O–H groups in total. The molecule has 0 amide bonds. The van der Waals surface area contributed by atoms with Crippen molar-refractivity contribution in [1.29, 1.82) is 0 Å². The number of nitrogens with zero attached hydrogens (tertiary/aromatic N) is 5. The van der Waals surface area contributed by atoms with E-state index < -0.39 is 0 Å². The van der Waals surface area contributed by atoms with Gasteiger partial charge in [-0.2, -0.15) is 0 Å². The topological polar surface area (TPSA) is 57.6 Å². The highest BCUT2D eigenvalue weighted by Gasteiger charge is 2.29. The first-order valence-corrected chi connectivity index (χ1v) is 15.7. The molecule has 0 aliphatic rings. The van der Waals surface area contributed by atoms with Gasteiger partial charge in [-0.05, 0) is 41.7 Å². The van der Waals surface area contributed by atoms with Crippen molar-refractivity contribution in [2.75, 3.05) is 11.5 Å². The van der Waals surface area contributed by atoms with E-state index in [1.54, 1.807) is 28.2 Å². The Bertz CT molecular complexity index is 1890. The molecular formula is C33H31N5OS2. The Labute approximate surface area is 248 Å². The van der Waals surface area contributed by atoms with Crippen LogP contribution < -0.4 is 5.56 Å². The summed E-state index contributed by atoms with van der Waals surface area (Å²) >= 11 is 3.36. The van der Waals surface area contributed by atoms with Gasteiger partial charge in [-0.25, -0.2) is 14.6 Å². The second kappa shape index (κ2) is 11.5. The van der Waals surface area contributed by atoms with Crippen molar-refractivity contribution < 1.29 is 0 Å². The van der Waals surface area contributed by atoms with Crippen LogP contribution in [-0.2, 0) is 7.05 Å². The molecule has 41 heavy (non-hydrogen) atoms. The van der Waals surface area contributed by atoms with Crippen LogP contribution in [0.4, 0.5) is 0 Å². The van der Waals surface area contributed by atoms with Crippen molar-refractivity contribution in [2.45, 2.75) is 31.0 Å². The van der Waals surface area contributed by atoms with Gasteiger partial charge in [0.15, 0.2) is 10.8 Å². The number of benzene rings is 3. The van der Waals surface area contributed by atoms with Crippen molar-refractivity contribution in [3.63, 3.8) is 0 Å². The van der Waals surface area contributed by atoms with E-state index in [2.05, 4.69) is 66.9 Å². The molecule has 0 aliphatic heterocycles. The molecule has 206 valence electrons. The highest BCUT2D eigenvalue weighted by molar-refractivity contribution is 7.99. The molecule has 0 spiro atoms. The molecule has 0 radical (unpaired) electrons. The Balaban J connectivity index is 1.84. The van der Waals surface area contributed by atoms with Crippen LogP contribution in [0.15, 0.2) is 106 Å². The second-order valence-corrected chi connectivity index (χ2v) is 12.1. The minimum absolute atomic E-state index is 0.0591. The zero-order chi connectivity index (χ0) is 28.5. The molecule has 3 aromatic carbocycles. The summed E-state index contributed by atoms with van der Waals surface area (Å²) in [5.74, 6) is 2.52. The van der Waals surface area contributed by atoms with Gasteiger partial charge in [0.25, 0.3) is 5.56 Å². The molecule has 0 fully saturated rings. The SMILES string of the molecule is CCSc1nc(SCC)c2c(-c3ccccc3)c(-c3ccccc3)n(-c3c(C)c(=O)n(-c4ccccc4)n3C)c2n1. The van der Waals surface area contributed by atoms with Crippen LogP contribution in [-0.4, -0.2) is 35.4 Å². The van der Waals surface area contributed by atoms with E-state index in [0.717, 1.165) is 66.6 Å². The van der Waals surface area contributed by atoms with Gasteiger partial charge < -0.3 is 0 Å². The van der Waals surface area contributed by atoms with Crippen molar-refractivity contribution >= 4 is 34.6 Å². The summed E-state index contributed by atoms with van der Waals surface area (Å²) in [5.41, 5.74) is 6.38. The highest BCUT2D eigenvalue weighted by Crippen LogP contribution is 2.45. The highest BCUT2D eigenvalue weighted by atomic mass is 32.2. The fraction of sp³-hybridized carbons (Fsp3) is 0.182. The number of rotatable bonds is 8. The normalized spacial score (nSPS) is 11.4. The molecule has 0 saturated carbocycles. The molecule has 6 nitrogen and oxygen atoms in total. The lowest BCUT2D eigenvalue weighted by molar-refractivity contribution is 0.631. The Kier molecular flexibility index (Phi) is 7.60. The molecule has 0 unspecified atom stereocenters. The fourth-order valence-corrected chi connectivity index (χ4v) is 6.81. The first-order valence-electron chi connectivity index (χ1n) is 13.7. The molecular weight excluding hydrogens is 547 g/mol. The Hall–Kier alpha value is -4.01. The fourth-order valence-electron chi connectivity index (χ4n) is 5.42. The average molecular weight is 578 g/mol. The van der Waals surface area contributed by atoms with Crippen LogP contribution in [0.2, 0.25) is 0 Å². The minimum Gasteiger partial charge on any atom is -0.277 e. The van der Waals surface area contributed by atoms with Crippen molar-refractivity contribution in [3.8, 4) is 33.9 Å². The van der Waals surface area contributed by atoms with Crippen LogP contribution in [0.5, 0.6) is 0 Å². The van der Waals surface area contributed by atoms with E-state index in [1.165, 1.54) is 0 Å². The molecule has 6 aromatic rings. The lowest BCUT2D eigenvalue weighted by atomic mass is 9.99. The van der Waals surface area contributed by atoms with Crippen LogP contribution in [0, 0.1) is 6.92 Å². The molecule has 0 saturated heterocycles.